The average Bonchev–Trinajstić information content (AvgIpc) is 3.04. The summed E-state index contributed by atoms with van der Waals surface area (Å²) in [7, 11) is -2.32. The first-order valence-corrected chi connectivity index (χ1v) is 15.7. The van der Waals surface area contributed by atoms with Crippen LogP contribution in [0, 0.1) is 0 Å². The number of carbonyl (C=O) groups is 1. The van der Waals surface area contributed by atoms with Gasteiger partial charge in [0.2, 0.25) is 15.9 Å². The van der Waals surface area contributed by atoms with Crippen LogP contribution in [0.5, 0.6) is 5.75 Å². The van der Waals surface area contributed by atoms with Crippen LogP contribution in [-0.2, 0) is 14.8 Å². The molecule has 4 aromatic carbocycles. The van der Waals surface area contributed by atoms with E-state index in [-0.39, 0.29) is 10.8 Å². The molecule has 1 aliphatic heterocycles. The Labute approximate surface area is 253 Å². The van der Waals surface area contributed by atoms with E-state index in [9.17, 15) is 13.2 Å². The third-order valence-corrected chi connectivity index (χ3v) is 9.00. The van der Waals surface area contributed by atoms with Crippen LogP contribution in [0.4, 0.5) is 17.1 Å². The highest BCUT2D eigenvalue weighted by Crippen LogP contribution is 2.31. The second-order valence-corrected chi connectivity index (χ2v) is 12.0. The number of anilines is 3. The normalized spacial score (nSPS) is 14.5. The lowest BCUT2D eigenvalue weighted by Gasteiger charge is -2.38. The van der Waals surface area contributed by atoms with Crippen molar-refractivity contribution in [2.24, 2.45) is 0 Å². The van der Waals surface area contributed by atoms with Crippen LogP contribution in [0.1, 0.15) is 24.1 Å². The molecule has 1 aliphatic rings. The first kappa shape index (κ1) is 29.9. The minimum absolute atomic E-state index is 0.123. The van der Waals surface area contributed by atoms with Gasteiger partial charge in [0.1, 0.15) is 10.6 Å². The summed E-state index contributed by atoms with van der Waals surface area (Å²) in [6.45, 7) is 4.54. The van der Waals surface area contributed by atoms with E-state index < -0.39 is 16.1 Å². The van der Waals surface area contributed by atoms with Gasteiger partial charge >= 0.3 is 0 Å². The van der Waals surface area contributed by atoms with Crippen molar-refractivity contribution in [1.82, 2.24) is 4.72 Å². The molecule has 43 heavy (non-hydrogen) atoms. The van der Waals surface area contributed by atoms with Crippen LogP contribution in [-0.4, -0.2) is 47.6 Å². The smallest absolute Gasteiger partial charge is 0.248 e. The summed E-state index contributed by atoms with van der Waals surface area (Å²) in [4.78, 5) is 17.2. The lowest BCUT2D eigenvalue weighted by molar-refractivity contribution is -0.111. The predicted molar refractivity (Wildman–Crippen MR) is 173 cm³/mol. The van der Waals surface area contributed by atoms with Gasteiger partial charge in [0, 0.05) is 49.7 Å². The van der Waals surface area contributed by atoms with Gasteiger partial charge in [-0.15, -0.1) is 0 Å². The van der Waals surface area contributed by atoms with Crippen molar-refractivity contribution < 1.29 is 17.9 Å². The van der Waals surface area contributed by atoms with E-state index in [1.54, 1.807) is 31.4 Å². The molecular formula is C34H36N4O4S. The molecule has 0 unspecified atom stereocenters. The molecule has 0 aliphatic carbocycles. The molecular weight excluding hydrogens is 560 g/mol. The van der Waals surface area contributed by atoms with E-state index in [0.717, 1.165) is 35.7 Å². The molecule has 0 spiro atoms. The molecule has 9 heteroatoms. The van der Waals surface area contributed by atoms with E-state index in [0.29, 0.717) is 24.5 Å². The second-order valence-electron chi connectivity index (χ2n) is 10.3. The quantitative estimate of drug-likeness (QED) is 0.228. The average molecular weight is 597 g/mol. The highest BCUT2D eigenvalue weighted by Gasteiger charge is 2.27. The number of nitrogens with zero attached hydrogens (tertiary/aromatic N) is 2. The highest BCUT2D eigenvalue weighted by molar-refractivity contribution is 7.89. The van der Waals surface area contributed by atoms with Crippen molar-refractivity contribution in [3.05, 3.63) is 120 Å². The molecule has 1 atom stereocenters. The summed E-state index contributed by atoms with van der Waals surface area (Å²) in [5, 5.41) is 2.82. The van der Waals surface area contributed by atoms with Crippen molar-refractivity contribution in [2.45, 2.75) is 17.9 Å². The van der Waals surface area contributed by atoms with Crippen molar-refractivity contribution in [3.63, 3.8) is 0 Å². The molecule has 0 radical (unpaired) electrons. The Morgan fingerprint density at radius 2 is 1.47 bits per heavy atom. The molecule has 1 heterocycles. The van der Waals surface area contributed by atoms with Crippen molar-refractivity contribution in [2.75, 3.05) is 48.4 Å². The molecule has 1 amide bonds. The van der Waals surface area contributed by atoms with Crippen LogP contribution in [0.25, 0.3) is 6.08 Å². The molecule has 222 valence electrons. The van der Waals surface area contributed by atoms with E-state index in [2.05, 4.69) is 19.8 Å². The van der Waals surface area contributed by atoms with Crippen molar-refractivity contribution in [1.29, 1.82) is 0 Å². The zero-order valence-electron chi connectivity index (χ0n) is 24.3. The van der Waals surface area contributed by atoms with Gasteiger partial charge in [-0.1, -0.05) is 60.7 Å². The lowest BCUT2D eigenvalue weighted by atomic mass is 10.1. The molecule has 2 N–H and O–H groups in total. The third-order valence-electron chi connectivity index (χ3n) is 7.43. The van der Waals surface area contributed by atoms with Gasteiger partial charge in [-0.3, -0.25) is 4.79 Å². The van der Waals surface area contributed by atoms with Crippen LogP contribution in [0.2, 0.25) is 0 Å². The van der Waals surface area contributed by atoms with Crippen LogP contribution < -0.4 is 24.6 Å². The molecule has 0 aromatic heterocycles. The van der Waals surface area contributed by atoms with E-state index in [1.807, 2.05) is 91.9 Å². The zero-order valence-corrected chi connectivity index (χ0v) is 25.1. The largest absolute Gasteiger partial charge is 0.497 e. The topological polar surface area (TPSA) is 91.0 Å². The number of hydrogen-bond donors (Lipinski definition) is 2. The van der Waals surface area contributed by atoms with E-state index in [1.165, 1.54) is 6.08 Å². The predicted octanol–water partition coefficient (Wildman–Crippen LogP) is 5.71. The number of benzene rings is 4. The number of ether oxygens (including phenoxy) is 1. The minimum Gasteiger partial charge on any atom is -0.497 e. The Morgan fingerprint density at radius 3 is 2.12 bits per heavy atom. The Morgan fingerprint density at radius 1 is 0.837 bits per heavy atom. The fourth-order valence-corrected chi connectivity index (χ4v) is 6.58. The maximum Gasteiger partial charge on any atom is 0.248 e. The molecule has 1 fully saturated rings. The number of piperazine rings is 1. The number of amides is 1. The standard InChI is InChI=1S/C34H36N4O4S/c1-26(28-11-7-4-8-12-28)36-43(40,41)33-25-29(35-34(39)20-13-27-9-5-3-6-10-27)14-19-32(33)38-23-21-37(22-24-38)30-15-17-31(42-2)18-16-30/h3-20,25-26,36H,21-24H2,1-2H3,(H,35,39)/b20-13+/t26-/m0/s1. The number of methoxy groups -OCH3 is 1. The zero-order chi connectivity index (χ0) is 30.2. The summed E-state index contributed by atoms with van der Waals surface area (Å²) < 4.78 is 35.9. The van der Waals surface area contributed by atoms with Gasteiger partial charge in [-0.2, -0.15) is 0 Å². The molecule has 4 aromatic rings. The van der Waals surface area contributed by atoms with Gasteiger partial charge in [0.15, 0.2) is 0 Å². The van der Waals surface area contributed by atoms with Crippen molar-refractivity contribution >= 4 is 39.1 Å². The monoisotopic (exact) mass is 596 g/mol. The van der Waals surface area contributed by atoms with Crippen LogP contribution in [0.15, 0.2) is 114 Å². The second kappa shape index (κ2) is 13.6. The lowest BCUT2D eigenvalue weighted by Crippen LogP contribution is -2.47. The SMILES string of the molecule is COc1ccc(N2CCN(c3ccc(NC(=O)/C=C/c4ccccc4)cc3S(=O)(=O)N[C@@H](C)c3ccccc3)CC2)cc1. The van der Waals surface area contributed by atoms with Gasteiger partial charge in [-0.25, -0.2) is 13.1 Å². The number of carbonyl (C=O) groups excluding carboxylic acids is 1. The minimum atomic E-state index is -3.96. The fourth-order valence-electron chi connectivity index (χ4n) is 5.09. The molecule has 0 bridgehead atoms. The summed E-state index contributed by atoms with van der Waals surface area (Å²) in [6.07, 6.45) is 3.15. The summed E-state index contributed by atoms with van der Waals surface area (Å²) in [5.74, 6) is 0.455. The summed E-state index contributed by atoms with van der Waals surface area (Å²) >= 11 is 0. The highest BCUT2D eigenvalue weighted by atomic mass is 32.2. The van der Waals surface area contributed by atoms with Crippen LogP contribution in [0.3, 0.4) is 0 Å². The molecule has 8 nitrogen and oxygen atoms in total. The number of rotatable bonds is 10. The first-order valence-electron chi connectivity index (χ1n) is 14.2. The molecule has 0 saturated carbocycles. The molecule has 1 saturated heterocycles. The Hall–Kier alpha value is -4.60. The van der Waals surface area contributed by atoms with Gasteiger partial charge in [-0.05, 0) is 66.6 Å². The summed E-state index contributed by atoms with van der Waals surface area (Å²) in [5.41, 5.74) is 3.84. The maximum absolute atomic E-state index is 13.9. The Balaban J connectivity index is 1.38. The van der Waals surface area contributed by atoms with Gasteiger partial charge < -0.3 is 19.9 Å². The van der Waals surface area contributed by atoms with Gasteiger partial charge in [0.05, 0.1) is 12.8 Å². The fraction of sp³-hybridized carbons (Fsp3) is 0.206. The Kier molecular flexibility index (Phi) is 9.44. The van der Waals surface area contributed by atoms with Crippen molar-refractivity contribution in [3.8, 4) is 5.75 Å². The van der Waals surface area contributed by atoms with E-state index >= 15 is 0 Å². The first-order chi connectivity index (χ1) is 20.8. The number of sulfonamides is 1. The number of nitrogens with one attached hydrogen (secondary N) is 2. The van der Waals surface area contributed by atoms with Crippen LogP contribution >= 0.6 is 0 Å². The maximum atomic E-state index is 13.9. The third kappa shape index (κ3) is 7.63. The number of hydrogen-bond acceptors (Lipinski definition) is 6. The Bertz CT molecular complexity index is 1650. The van der Waals surface area contributed by atoms with E-state index in [4.69, 9.17) is 4.74 Å². The summed E-state index contributed by atoms with van der Waals surface area (Å²) in [6, 6.07) is 31.5. The molecule has 5 rings (SSSR count). The van der Waals surface area contributed by atoms with Gasteiger partial charge in [0.25, 0.3) is 0 Å².